The summed E-state index contributed by atoms with van der Waals surface area (Å²) in [5.41, 5.74) is 1.18. The molecule has 1 atom stereocenters. The van der Waals surface area contributed by atoms with Crippen LogP contribution in [0.5, 0.6) is 0 Å². The number of hydrogen-bond donors (Lipinski definition) is 0. The SMILES string of the molecule is CN1CCC(c2csc(CC=O)n2)C1. The van der Waals surface area contributed by atoms with E-state index in [2.05, 4.69) is 22.3 Å². The van der Waals surface area contributed by atoms with Gasteiger partial charge in [-0.15, -0.1) is 11.3 Å². The van der Waals surface area contributed by atoms with Gasteiger partial charge in [-0.3, -0.25) is 0 Å². The van der Waals surface area contributed by atoms with E-state index in [1.165, 1.54) is 12.1 Å². The number of hydrogen-bond acceptors (Lipinski definition) is 4. The molecule has 0 aromatic carbocycles. The topological polar surface area (TPSA) is 33.2 Å². The summed E-state index contributed by atoms with van der Waals surface area (Å²) in [6.45, 7) is 2.26. The third-order valence-corrected chi connectivity index (χ3v) is 3.53. The smallest absolute Gasteiger partial charge is 0.126 e. The Labute approximate surface area is 87.8 Å². The van der Waals surface area contributed by atoms with Gasteiger partial charge < -0.3 is 9.69 Å². The lowest BCUT2D eigenvalue weighted by atomic mass is 10.1. The molecule has 1 aromatic rings. The van der Waals surface area contributed by atoms with Crippen molar-refractivity contribution in [1.29, 1.82) is 0 Å². The highest BCUT2D eigenvalue weighted by Gasteiger charge is 2.22. The highest BCUT2D eigenvalue weighted by Crippen LogP contribution is 2.27. The molecule has 2 heterocycles. The minimum absolute atomic E-state index is 0.466. The Kier molecular flexibility index (Phi) is 2.93. The van der Waals surface area contributed by atoms with E-state index in [4.69, 9.17) is 0 Å². The van der Waals surface area contributed by atoms with Crippen molar-refractivity contribution in [3.63, 3.8) is 0 Å². The molecule has 1 fully saturated rings. The number of aromatic nitrogens is 1. The van der Waals surface area contributed by atoms with E-state index in [9.17, 15) is 4.79 Å². The summed E-state index contributed by atoms with van der Waals surface area (Å²) >= 11 is 1.60. The van der Waals surface area contributed by atoms with Gasteiger partial charge in [-0.05, 0) is 20.0 Å². The number of likely N-dealkylation sites (tertiary alicyclic amines) is 1. The molecule has 1 unspecified atom stereocenters. The molecule has 0 bridgehead atoms. The van der Waals surface area contributed by atoms with Gasteiger partial charge in [0, 0.05) is 17.8 Å². The first-order chi connectivity index (χ1) is 6.79. The average molecular weight is 210 g/mol. The first-order valence-electron chi connectivity index (χ1n) is 4.86. The number of nitrogens with zero attached hydrogens (tertiary/aromatic N) is 2. The Morgan fingerprint density at radius 1 is 1.79 bits per heavy atom. The van der Waals surface area contributed by atoms with E-state index in [0.717, 1.165) is 24.4 Å². The summed E-state index contributed by atoms with van der Waals surface area (Å²) in [7, 11) is 2.14. The van der Waals surface area contributed by atoms with E-state index in [1.54, 1.807) is 11.3 Å². The third kappa shape index (κ3) is 2.01. The van der Waals surface area contributed by atoms with Crippen LogP contribution >= 0.6 is 11.3 Å². The largest absolute Gasteiger partial charge is 0.306 e. The van der Waals surface area contributed by atoms with Gasteiger partial charge in [0.1, 0.15) is 6.29 Å². The van der Waals surface area contributed by atoms with Crippen molar-refractivity contribution in [2.24, 2.45) is 0 Å². The normalized spacial score (nSPS) is 22.8. The van der Waals surface area contributed by atoms with Gasteiger partial charge in [0.25, 0.3) is 0 Å². The minimum Gasteiger partial charge on any atom is -0.306 e. The van der Waals surface area contributed by atoms with Crippen molar-refractivity contribution in [3.8, 4) is 0 Å². The fraction of sp³-hybridized carbons (Fsp3) is 0.600. The van der Waals surface area contributed by atoms with Gasteiger partial charge in [-0.1, -0.05) is 0 Å². The van der Waals surface area contributed by atoms with Gasteiger partial charge in [-0.25, -0.2) is 4.98 Å². The molecule has 76 valence electrons. The van der Waals surface area contributed by atoms with Crippen LogP contribution in [0.2, 0.25) is 0 Å². The zero-order chi connectivity index (χ0) is 9.97. The lowest BCUT2D eigenvalue weighted by molar-refractivity contribution is -0.107. The molecule has 4 heteroatoms. The second kappa shape index (κ2) is 4.19. The van der Waals surface area contributed by atoms with Gasteiger partial charge in [0.15, 0.2) is 0 Å². The molecular weight excluding hydrogens is 196 g/mol. The van der Waals surface area contributed by atoms with Crippen LogP contribution in [-0.4, -0.2) is 36.3 Å². The van der Waals surface area contributed by atoms with E-state index in [1.807, 2.05) is 0 Å². The van der Waals surface area contributed by atoms with Crippen LogP contribution in [-0.2, 0) is 11.2 Å². The maximum atomic E-state index is 10.3. The lowest BCUT2D eigenvalue weighted by Crippen LogP contribution is -2.13. The van der Waals surface area contributed by atoms with Crippen molar-refractivity contribution in [3.05, 3.63) is 16.1 Å². The molecule has 0 spiro atoms. The molecule has 1 saturated heterocycles. The van der Waals surface area contributed by atoms with Crippen LogP contribution in [0.3, 0.4) is 0 Å². The summed E-state index contributed by atoms with van der Waals surface area (Å²) in [6, 6.07) is 0. The number of likely N-dealkylation sites (N-methyl/N-ethyl adjacent to an activating group) is 1. The second-order valence-electron chi connectivity index (χ2n) is 3.78. The van der Waals surface area contributed by atoms with Crippen molar-refractivity contribution in [2.45, 2.75) is 18.8 Å². The molecule has 1 aliphatic heterocycles. The van der Waals surface area contributed by atoms with E-state index in [0.29, 0.717) is 12.3 Å². The summed E-state index contributed by atoms with van der Waals surface area (Å²) in [5.74, 6) is 0.580. The Morgan fingerprint density at radius 2 is 2.64 bits per heavy atom. The summed E-state index contributed by atoms with van der Waals surface area (Å²) in [6.07, 6.45) is 2.58. The van der Waals surface area contributed by atoms with Gasteiger partial charge in [0.2, 0.25) is 0 Å². The quantitative estimate of drug-likeness (QED) is 0.705. The number of carbonyl (C=O) groups excluding carboxylic acids is 1. The van der Waals surface area contributed by atoms with Gasteiger partial charge in [-0.2, -0.15) is 0 Å². The molecule has 0 N–H and O–H groups in total. The maximum absolute atomic E-state index is 10.3. The molecule has 0 aliphatic carbocycles. The number of thiazole rings is 1. The van der Waals surface area contributed by atoms with Gasteiger partial charge in [0.05, 0.1) is 17.1 Å². The van der Waals surface area contributed by atoms with E-state index >= 15 is 0 Å². The molecule has 1 aliphatic rings. The van der Waals surface area contributed by atoms with Crippen molar-refractivity contribution in [1.82, 2.24) is 9.88 Å². The highest BCUT2D eigenvalue weighted by atomic mass is 32.1. The fourth-order valence-electron chi connectivity index (χ4n) is 1.85. The van der Waals surface area contributed by atoms with Crippen LogP contribution < -0.4 is 0 Å². The number of aldehydes is 1. The Bertz CT molecular complexity index is 324. The molecule has 0 radical (unpaired) electrons. The lowest BCUT2D eigenvalue weighted by Gasteiger charge is -2.06. The minimum atomic E-state index is 0.466. The first kappa shape index (κ1) is 9.80. The standard InChI is InChI=1S/C10H14N2OS/c1-12-4-2-8(6-12)9-7-14-10(11-9)3-5-13/h5,7-8H,2-4,6H2,1H3. The van der Waals surface area contributed by atoms with E-state index < -0.39 is 0 Å². The molecule has 0 amide bonds. The third-order valence-electron chi connectivity index (χ3n) is 2.64. The highest BCUT2D eigenvalue weighted by molar-refractivity contribution is 7.09. The first-order valence-corrected chi connectivity index (χ1v) is 5.74. The molecule has 3 nitrogen and oxygen atoms in total. The summed E-state index contributed by atoms with van der Waals surface area (Å²) in [4.78, 5) is 17.1. The van der Waals surface area contributed by atoms with Crippen molar-refractivity contribution < 1.29 is 4.79 Å². The van der Waals surface area contributed by atoms with Crippen molar-refractivity contribution >= 4 is 17.6 Å². The predicted molar refractivity (Wildman–Crippen MR) is 56.7 cm³/mol. The zero-order valence-electron chi connectivity index (χ0n) is 8.27. The molecule has 2 rings (SSSR count). The molecule has 0 saturated carbocycles. The summed E-state index contributed by atoms with van der Waals surface area (Å²) in [5, 5.41) is 3.05. The average Bonchev–Trinajstić information content (AvgIpc) is 2.74. The van der Waals surface area contributed by atoms with Crippen LogP contribution in [0.25, 0.3) is 0 Å². The Balaban J connectivity index is 2.05. The molecular formula is C10H14N2OS. The second-order valence-corrected chi connectivity index (χ2v) is 4.73. The zero-order valence-corrected chi connectivity index (χ0v) is 9.09. The summed E-state index contributed by atoms with van der Waals surface area (Å²) < 4.78 is 0. The number of carbonyl (C=O) groups is 1. The number of rotatable bonds is 3. The van der Waals surface area contributed by atoms with Crippen molar-refractivity contribution in [2.75, 3.05) is 20.1 Å². The Morgan fingerprint density at radius 3 is 3.29 bits per heavy atom. The fourth-order valence-corrected chi connectivity index (χ4v) is 2.68. The Hall–Kier alpha value is -0.740. The predicted octanol–water partition coefficient (Wildman–Crippen LogP) is 1.30. The van der Waals surface area contributed by atoms with Crippen LogP contribution in [0.1, 0.15) is 23.0 Å². The van der Waals surface area contributed by atoms with Crippen LogP contribution in [0.15, 0.2) is 5.38 Å². The molecule has 1 aromatic heterocycles. The van der Waals surface area contributed by atoms with Gasteiger partial charge >= 0.3 is 0 Å². The maximum Gasteiger partial charge on any atom is 0.126 e. The van der Waals surface area contributed by atoms with Crippen LogP contribution in [0.4, 0.5) is 0 Å². The van der Waals surface area contributed by atoms with Crippen LogP contribution in [0, 0.1) is 0 Å². The molecule has 14 heavy (non-hydrogen) atoms. The monoisotopic (exact) mass is 210 g/mol. The van der Waals surface area contributed by atoms with E-state index in [-0.39, 0.29) is 0 Å².